The lowest BCUT2D eigenvalue weighted by atomic mass is 10.1. The Morgan fingerprint density at radius 1 is 1.04 bits per heavy atom. The van der Waals surface area contributed by atoms with Crippen LogP contribution in [0.3, 0.4) is 0 Å². The van der Waals surface area contributed by atoms with Gasteiger partial charge >= 0.3 is 0 Å². The van der Waals surface area contributed by atoms with Gasteiger partial charge in [-0.2, -0.15) is 0 Å². The number of nitrogens with one attached hydrogen (secondary N) is 1. The van der Waals surface area contributed by atoms with Gasteiger partial charge in [0, 0.05) is 16.8 Å². The van der Waals surface area contributed by atoms with Crippen molar-refractivity contribution in [2.45, 2.75) is 13.3 Å². The van der Waals surface area contributed by atoms with Crippen molar-refractivity contribution >= 4 is 11.5 Å². The highest BCUT2D eigenvalue weighted by Gasteiger charge is 2.13. The molecule has 0 saturated heterocycles. The number of phenolic OH excluding ortho intramolecular Hbond substituents is 1. The first-order chi connectivity index (χ1) is 11.7. The van der Waals surface area contributed by atoms with E-state index in [9.17, 15) is 5.11 Å². The standard InChI is InChI=1S/C20H19N3O/c1-3-9-16-14(2)21-19(15-10-5-4-6-11-15)23-20(16)22-17-12-7-8-13-18(17)24/h3-8,10-13,24H,1,9H2,2H3,(H,21,22,23). The van der Waals surface area contributed by atoms with E-state index in [2.05, 4.69) is 21.9 Å². The van der Waals surface area contributed by atoms with Crippen LogP contribution >= 0.6 is 0 Å². The lowest BCUT2D eigenvalue weighted by Crippen LogP contribution is -2.05. The van der Waals surface area contributed by atoms with Crippen LogP contribution in [0.1, 0.15) is 11.3 Å². The van der Waals surface area contributed by atoms with Gasteiger partial charge in [0.15, 0.2) is 5.82 Å². The number of phenols is 1. The van der Waals surface area contributed by atoms with Crippen LogP contribution in [0.5, 0.6) is 5.75 Å². The van der Waals surface area contributed by atoms with Crippen molar-refractivity contribution in [2.24, 2.45) is 0 Å². The number of rotatable bonds is 5. The zero-order valence-electron chi connectivity index (χ0n) is 13.5. The third-order valence-electron chi connectivity index (χ3n) is 3.75. The summed E-state index contributed by atoms with van der Waals surface area (Å²) >= 11 is 0. The van der Waals surface area contributed by atoms with Gasteiger partial charge < -0.3 is 10.4 Å². The highest BCUT2D eigenvalue weighted by Crippen LogP contribution is 2.29. The van der Waals surface area contributed by atoms with Crippen LogP contribution in [0, 0.1) is 6.92 Å². The number of aryl methyl sites for hydroxylation is 1. The first-order valence-corrected chi connectivity index (χ1v) is 7.78. The van der Waals surface area contributed by atoms with Crippen LogP contribution in [0.15, 0.2) is 67.3 Å². The summed E-state index contributed by atoms with van der Waals surface area (Å²) in [6.45, 7) is 5.77. The van der Waals surface area contributed by atoms with Gasteiger partial charge in [-0.3, -0.25) is 0 Å². The number of aromatic nitrogens is 2. The molecule has 0 aliphatic carbocycles. The van der Waals surface area contributed by atoms with Crippen LogP contribution in [-0.4, -0.2) is 15.1 Å². The smallest absolute Gasteiger partial charge is 0.161 e. The molecular weight excluding hydrogens is 298 g/mol. The van der Waals surface area contributed by atoms with Crippen LogP contribution in [0.2, 0.25) is 0 Å². The summed E-state index contributed by atoms with van der Waals surface area (Å²) in [5.41, 5.74) is 3.42. The average Bonchev–Trinajstić information content (AvgIpc) is 2.60. The van der Waals surface area contributed by atoms with Crippen molar-refractivity contribution in [3.05, 3.63) is 78.5 Å². The Kier molecular flexibility index (Phi) is 4.57. The zero-order chi connectivity index (χ0) is 16.9. The van der Waals surface area contributed by atoms with Crippen LogP contribution in [-0.2, 0) is 6.42 Å². The van der Waals surface area contributed by atoms with Crippen molar-refractivity contribution in [2.75, 3.05) is 5.32 Å². The lowest BCUT2D eigenvalue weighted by molar-refractivity contribution is 0.477. The van der Waals surface area contributed by atoms with Crippen molar-refractivity contribution in [1.82, 2.24) is 9.97 Å². The molecule has 3 rings (SSSR count). The molecule has 4 heteroatoms. The number of aromatic hydroxyl groups is 1. The predicted molar refractivity (Wildman–Crippen MR) is 97.5 cm³/mol. The Morgan fingerprint density at radius 2 is 1.75 bits per heavy atom. The van der Waals surface area contributed by atoms with Crippen molar-refractivity contribution < 1.29 is 5.11 Å². The number of allylic oxidation sites excluding steroid dienone is 1. The molecule has 1 heterocycles. The molecule has 1 aromatic heterocycles. The highest BCUT2D eigenvalue weighted by atomic mass is 16.3. The number of benzene rings is 2. The summed E-state index contributed by atoms with van der Waals surface area (Å²) in [5.74, 6) is 1.51. The van der Waals surface area contributed by atoms with E-state index in [1.54, 1.807) is 12.1 Å². The van der Waals surface area contributed by atoms with Gasteiger partial charge in [0.05, 0.1) is 5.69 Å². The molecule has 24 heavy (non-hydrogen) atoms. The van der Waals surface area contributed by atoms with Crippen LogP contribution in [0.4, 0.5) is 11.5 Å². The molecule has 0 saturated carbocycles. The van der Waals surface area contributed by atoms with Crippen molar-refractivity contribution in [3.8, 4) is 17.1 Å². The maximum absolute atomic E-state index is 10.0. The van der Waals surface area contributed by atoms with Gasteiger partial charge in [0.2, 0.25) is 0 Å². The van der Waals surface area contributed by atoms with E-state index in [-0.39, 0.29) is 5.75 Å². The molecule has 0 bridgehead atoms. The van der Waals surface area contributed by atoms with Gasteiger partial charge in [-0.05, 0) is 25.5 Å². The van der Waals surface area contributed by atoms with E-state index in [1.807, 2.05) is 55.5 Å². The Labute approximate surface area is 141 Å². The first-order valence-electron chi connectivity index (χ1n) is 7.78. The minimum absolute atomic E-state index is 0.180. The fraction of sp³-hybridized carbons (Fsp3) is 0.100. The summed E-state index contributed by atoms with van der Waals surface area (Å²) < 4.78 is 0. The zero-order valence-corrected chi connectivity index (χ0v) is 13.5. The topological polar surface area (TPSA) is 58.0 Å². The van der Waals surface area contributed by atoms with E-state index in [0.717, 1.165) is 16.8 Å². The first kappa shape index (κ1) is 15.7. The van der Waals surface area contributed by atoms with Crippen molar-refractivity contribution in [3.63, 3.8) is 0 Å². The van der Waals surface area contributed by atoms with E-state index >= 15 is 0 Å². The number of nitrogens with zero attached hydrogens (tertiary/aromatic N) is 2. The normalized spacial score (nSPS) is 10.4. The quantitative estimate of drug-likeness (QED) is 0.532. The second kappa shape index (κ2) is 6.96. The summed E-state index contributed by atoms with van der Waals surface area (Å²) in [7, 11) is 0. The number of hydrogen-bond acceptors (Lipinski definition) is 4. The molecule has 2 aromatic carbocycles. The third kappa shape index (κ3) is 3.27. The van der Waals surface area contributed by atoms with E-state index in [4.69, 9.17) is 0 Å². The maximum Gasteiger partial charge on any atom is 0.161 e. The number of anilines is 2. The van der Waals surface area contributed by atoms with E-state index in [1.165, 1.54) is 0 Å². The van der Waals surface area contributed by atoms with Crippen molar-refractivity contribution in [1.29, 1.82) is 0 Å². The molecule has 120 valence electrons. The van der Waals surface area contributed by atoms with Gasteiger partial charge in [0.1, 0.15) is 11.6 Å². The van der Waals surface area contributed by atoms with Crippen LogP contribution in [0.25, 0.3) is 11.4 Å². The molecular formula is C20H19N3O. The van der Waals surface area contributed by atoms with Gasteiger partial charge in [-0.15, -0.1) is 6.58 Å². The third-order valence-corrected chi connectivity index (χ3v) is 3.75. The molecule has 0 aliphatic heterocycles. The Bertz CT molecular complexity index is 860. The molecule has 0 atom stereocenters. The van der Waals surface area contributed by atoms with Gasteiger partial charge in [0.25, 0.3) is 0 Å². The summed E-state index contributed by atoms with van der Waals surface area (Å²) in [5, 5.41) is 13.2. The van der Waals surface area contributed by atoms with E-state index < -0.39 is 0 Å². The summed E-state index contributed by atoms with van der Waals surface area (Å²) in [4.78, 5) is 9.30. The second-order valence-electron chi connectivity index (χ2n) is 5.46. The average molecular weight is 317 g/mol. The molecule has 0 radical (unpaired) electrons. The molecule has 4 nitrogen and oxygen atoms in total. The highest BCUT2D eigenvalue weighted by molar-refractivity contribution is 5.68. The fourth-order valence-electron chi connectivity index (χ4n) is 2.51. The van der Waals surface area contributed by atoms with Gasteiger partial charge in [-0.1, -0.05) is 48.5 Å². The molecule has 0 aliphatic rings. The molecule has 0 fully saturated rings. The Morgan fingerprint density at radius 3 is 2.46 bits per heavy atom. The van der Waals surface area contributed by atoms with E-state index in [0.29, 0.717) is 23.8 Å². The Hall–Kier alpha value is -3.14. The lowest BCUT2D eigenvalue weighted by Gasteiger charge is -2.15. The van der Waals surface area contributed by atoms with Gasteiger partial charge in [-0.25, -0.2) is 9.97 Å². The largest absolute Gasteiger partial charge is 0.506 e. The molecule has 3 aromatic rings. The molecule has 2 N–H and O–H groups in total. The second-order valence-corrected chi connectivity index (χ2v) is 5.46. The van der Waals surface area contributed by atoms with Crippen LogP contribution < -0.4 is 5.32 Å². The summed E-state index contributed by atoms with van der Waals surface area (Å²) in [6, 6.07) is 16.9. The summed E-state index contributed by atoms with van der Waals surface area (Å²) in [6.07, 6.45) is 2.47. The fourth-order valence-corrected chi connectivity index (χ4v) is 2.51. The minimum Gasteiger partial charge on any atom is -0.506 e. The SMILES string of the molecule is C=CCc1c(C)nc(-c2ccccc2)nc1Nc1ccccc1O. The molecule has 0 spiro atoms. The molecule has 0 amide bonds. The number of para-hydroxylation sites is 2. The maximum atomic E-state index is 10.0. The predicted octanol–water partition coefficient (Wildman–Crippen LogP) is 4.63. The monoisotopic (exact) mass is 317 g/mol. The number of hydrogen-bond donors (Lipinski definition) is 2. The Balaban J connectivity index is 2.09. The molecule has 0 unspecified atom stereocenters. The minimum atomic E-state index is 0.180.